The quantitative estimate of drug-likeness (QED) is 0.519. The molecule has 0 fully saturated rings. The molecule has 0 aromatic heterocycles. The van der Waals surface area contributed by atoms with Crippen LogP contribution in [0.2, 0.25) is 0 Å². The van der Waals surface area contributed by atoms with E-state index in [-0.39, 0.29) is 0 Å². The van der Waals surface area contributed by atoms with Gasteiger partial charge >= 0.3 is 0 Å². The molecule has 0 amide bonds. The molecule has 1 aromatic carbocycles. The Morgan fingerprint density at radius 3 is 2.25 bits per heavy atom. The van der Waals surface area contributed by atoms with Crippen molar-refractivity contribution < 1.29 is 0 Å². The van der Waals surface area contributed by atoms with Gasteiger partial charge in [0, 0.05) is 8.47 Å². The largest absolute Gasteiger partial charge is 0.142 e. The molecule has 0 saturated heterocycles. The molecular weight excluding hydrogens is 231 g/mol. The zero-order valence-corrected chi connectivity index (χ0v) is 7.19. The van der Waals surface area contributed by atoms with E-state index in [0.717, 1.165) is 4.90 Å². The lowest BCUT2D eigenvalue weighted by atomic mass is 10.4. The molecule has 8 heavy (non-hydrogen) atoms. The smallest absolute Gasteiger partial charge is 0.0263 e. The first-order valence-electron chi connectivity index (χ1n) is 2.24. The SMILES string of the molecule is Sc1ccccc1I. The van der Waals surface area contributed by atoms with Gasteiger partial charge in [-0.1, -0.05) is 12.1 Å². The standard InChI is InChI=1S/C6H5IS/c7-5-3-1-2-4-6(5)8/h1-4,8H. The zero-order valence-electron chi connectivity index (χ0n) is 4.13. The van der Waals surface area contributed by atoms with E-state index in [0.29, 0.717) is 0 Å². The second-order valence-electron chi connectivity index (χ2n) is 1.45. The fourth-order valence-electron chi connectivity index (χ4n) is 0.452. The van der Waals surface area contributed by atoms with Gasteiger partial charge in [-0.05, 0) is 34.7 Å². The molecule has 0 aliphatic heterocycles. The van der Waals surface area contributed by atoms with Crippen molar-refractivity contribution in [3.8, 4) is 0 Å². The normalized spacial score (nSPS) is 9.25. The van der Waals surface area contributed by atoms with Crippen LogP contribution >= 0.6 is 35.2 Å². The van der Waals surface area contributed by atoms with Gasteiger partial charge in [-0.25, -0.2) is 0 Å². The Morgan fingerprint density at radius 2 is 1.88 bits per heavy atom. The number of thiol groups is 1. The topological polar surface area (TPSA) is 0 Å². The summed E-state index contributed by atoms with van der Waals surface area (Å²) in [5.74, 6) is 0. The molecule has 0 bridgehead atoms. The molecule has 0 spiro atoms. The van der Waals surface area contributed by atoms with Crippen molar-refractivity contribution in [1.29, 1.82) is 0 Å². The molecule has 0 heterocycles. The fourth-order valence-corrected chi connectivity index (χ4v) is 1.000. The van der Waals surface area contributed by atoms with Crippen LogP contribution in [-0.4, -0.2) is 0 Å². The van der Waals surface area contributed by atoms with Gasteiger partial charge in [0.05, 0.1) is 0 Å². The molecule has 1 aromatic rings. The van der Waals surface area contributed by atoms with Crippen LogP contribution in [0.1, 0.15) is 0 Å². The Bertz CT molecular complexity index is 165. The third-order valence-electron chi connectivity index (χ3n) is 0.852. The molecule has 0 aliphatic carbocycles. The van der Waals surface area contributed by atoms with E-state index < -0.39 is 0 Å². The molecule has 0 unspecified atom stereocenters. The highest BCUT2D eigenvalue weighted by atomic mass is 127. The molecule has 2 heteroatoms. The average molecular weight is 236 g/mol. The number of rotatable bonds is 0. The second-order valence-corrected chi connectivity index (χ2v) is 3.10. The monoisotopic (exact) mass is 236 g/mol. The van der Waals surface area contributed by atoms with Crippen molar-refractivity contribution in [2.24, 2.45) is 0 Å². The van der Waals surface area contributed by atoms with E-state index in [1.165, 1.54) is 3.57 Å². The highest BCUT2D eigenvalue weighted by molar-refractivity contribution is 14.1. The molecule has 0 nitrogen and oxygen atoms in total. The van der Waals surface area contributed by atoms with Crippen molar-refractivity contribution in [3.63, 3.8) is 0 Å². The summed E-state index contributed by atoms with van der Waals surface area (Å²) in [6.45, 7) is 0. The minimum atomic E-state index is 1.05. The van der Waals surface area contributed by atoms with E-state index >= 15 is 0 Å². The third-order valence-corrected chi connectivity index (χ3v) is 2.61. The molecule has 42 valence electrons. The lowest BCUT2D eigenvalue weighted by Crippen LogP contribution is -1.69. The van der Waals surface area contributed by atoms with Gasteiger partial charge in [0.2, 0.25) is 0 Å². The summed E-state index contributed by atoms with van der Waals surface area (Å²) in [6.07, 6.45) is 0. The van der Waals surface area contributed by atoms with Gasteiger partial charge in [0.1, 0.15) is 0 Å². The number of hydrogen-bond acceptors (Lipinski definition) is 1. The van der Waals surface area contributed by atoms with Crippen LogP contribution in [0.15, 0.2) is 29.2 Å². The van der Waals surface area contributed by atoms with Crippen molar-refractivity contribution in [1.82, 2.24) is 0 Å². The number of halogens is 1. The average Bonchev–Trinajstić information content (AvgIpc) is 1.77. The molecular formula is C6H5IS. The molecule has 0 N–H and O–H groups in total. The van der Waals surface area contributed by atoms with E-state index in [1.54, 1.807) is 0 Å². The van der Waals surface area contributed by atoms with Gasteiger partial charge < -0.3 is 0 Å². The Labute approximate surface area is 67.8 Å². The predicted molar refractivity (Wildman–Crippen MR) is 46.4 cm³/mol. The van der Waals surface area contributed by atoms with Crippen LogP contribution in [0.5, 0.6) is 0 Å². The minimum Gasteiger partial charge on any atom is -0.142 e. The molecule has 0 atom stereocenters. The van der Waals surface area contributed by atoms with Crippen molar-refractivity contribution in [2.75, 3.05) is 0 Å². The lowest BCUT2D eigenvalue weighted by Gasteiger charge is -1.90. The van der Waals surface area contributed by atoms with E-state index in [1.807, 2.05) is 24.3 Å². The number of hydrogen-bond donors (Lipinski definition) is 1. The minimum absolute atomic E-state index is 1.05. The highest BCUT2D eigenvalue weighted by Gasteiger charge is 1.87. The summed E-state index contributed by atoms with van der Waals surface area (Å²) in [7, 11) is 0. The summed E-state index contributed by atoms with van der Waals surface area (Å²) in [5, 5.41) is 0. The van der Waals surface area contributed by atoms with Crippen molar-refractivity contribution in [3.05, 3.63) is 27.8 Å². The van der Waals surface area contributed by atoms with Gasteiger partial charge in [-0.3, -0.25) is 0 Å². The third kappa shape index (κ3) is 1.39. The van der Waals surface area contributed by atoms with Gasteiger partial charge in [-0.2, -0.15) is 0 Å². The molecule has 1 rings (SSSR count). The Hall–Kier alpha value is 0.300. The predicted octanol–water partition coefficient (Wildman–Crippen LogP) is 2.58. The lowest BCUT2D eigenvalue weighted by molar-refractivity contribution is 1.42. The van der Waals surface area contributed by atoms with Gasteiger partial charge in [-0.15, -0.1) is 12.6 Å². The Morgan fingerprint density at radius 1 is 1.25 bits per heavy atom. The maximum absolute atomic E-state index is 4.19. The summed E-state index contributed by atoms with van der Waals surface area (Å²) >= 11 is 6.44. The Kier molecular flexibility index (Phi) is 2.19. The van der Waals surface area contributed by atoms with E-state index in [4.69, 9.17) is 0 Å². The van der Waals surface area contributed by atoms with Crippen molar-refractivity contribution in [2.45, 2.75) is 4.90 Å². The van der Waals surface area contributed by atoms with E-state index in [2.05, 4.69) is 35.2 Å². The van der Waals surface area contributed by atoms with Crippen LogP contribution in [0, 0.1) is 3.57 Å². The van der Waals surface area contributed by atoms with Crippen LogP contribution in [0.4, 0.5) is 0 Å². The van der Waals surface area contributed by atoms with Crippen LogP contribution in [0.3, 0.4) is 0 Å². The van der Waals surface area contributed by atoms with Crippen LogP contribution < -0.4 is 0 Å². The Balaban J connectivity index is 3.13. The zero-order chi connectivity index (χ0) is 5.98. The van der Waals surface area contributed by atoms with Gasteiger partial charge in [0.25, 0.3) is 0 Å². The van der Waals surface area contributed by atoms with E-state index in [9.17, 15) is 0 Å². The molecule has 0 radical (unpaired) electrons. The maximum atomic E-state index is 4.19. The molecule has 0 aliphatic rings. The van der Waals surface area contributed by atoms with Crippen LogP contribution in [0.25, 0.3) is 0 Å². The number of benzene rings is 1. The van der Waals surface area contributed by atoms with Crippen LogP contribution in [-0.2, 0) is 0 Å². The molecule has 0 saturated carbocycles. The summed E-state index contributed by atoms with van der Waals surface area (Å²) in [5.41, 5.74) is 0. The highest BCUT2D eigenvalue weighted by Crippen LogP contribution is 2.13. The first kappa shape index (κ1) is 6.42. The summed E-state index contributed by atoms with van der Waals surface area (Å²) < 4.78 is 1.20. The summed E-state index contributed by atoms with van der Waals surface area (Å²) in [6, 6.07) is 7.99. The fraction of sp³-hybridized carbons (Fsp3) is 0. The van der Waals surface area contributed by atoms with Gasteiger partial charge in [0.15, 0.2) is 0 Å². The van der Waals surface area contributed by atoms with Crippen molar-refractivity contribution >= 4 is 35.2 Å². The second kappa shape index (κ2) is 2.73. The first-order valence-corrected chi connectivity index (χ1v) is 3.77. The summed E-state index contributed by atoms with van der Waals surface area (Å²) in [4.78, 5) is 1.05. The first-order chi connectivity index (χ1) is 3.80. The maximum Gasteiger partial charge on any atom is 0.0263 e.